The van der Waals surface area contributed by atoms with E-state index >= 15 is 0 Å². The second-order valence-corrected chi connectivity index (χ2v) is 6.77. The van der Waals surface area contributed by atoms with Gasteiger partial charge in [-0.15, -0.1) is 0 Å². The molecule has 5 nitrogen and oxygen atoms in total. The van der Waals surface area contributed by atoms with Gasteiger partial charge in [0.2, 0.25) is 5.91 Å². The second kappa shape index (κ2) is 8.16. The van der Waals surface area contributed by atoms with Gasteiger partial charge in [-0.1, -0.05) is 29.8 Å². The Morgan fingerprint density at radius 3 is 2.69 bits per heavy atom. The van der Waals surface area contributed by atoms with Gasteiger partial charge in [-0.05, 0) is 42.9 Å². The molecule has 0 fully saturated rings. The fraction of sp³-hybridized carbons (Fsp3) is 0.211. The molecule has 0 atom stereocenters. The van der Waals surface area contributed by atoms with Crippen LogP contribution in [0.5, 0.6) is 0 Å². The summed E-state index contributed by atoms with van der Waals surface area (Å²) in [7, 11) is 0. The van der Waals surface area contributed by atoms with Crippen LogP contribution in [0.15, 0.2) is 42.5 Å². The van der Waals surface area contributed by atoms with Gasteiger partial charge < -0.3 is 5.32 Å². The number of carbonyl (C=O) groups excluding carboxylic acids is 1. The number of nitrogens with zero attached hydrogens (tertiary/aromatic N) is 2. The number of aromatic nitrogens is 3. The summed E-state index contributed by atoms with van der Waals surface area (Å²) in [6.45, 7) is 1.27. The molecule has 0 spiro atoms. The van der Waals surface area contributed by atoms with Gasteiger partial charge in [0, 0.05) is 12.1 Å². The van der Waals surface area contributed by atoms with Crippen LogP contribution in [0, 0.1) is 17.5 Å². The molecule has 10 heteroatoms. The minimum atomic E-state index is -4.73. The van der Waals surface area contributed by atoms with Gasteiger partial charge >= 0.3 is 6.18 Å². The van der Waals surface area contributed by atoms with E-state index in [-0.39, 0.29) is 16.9 Å². The molecule has 0 saturated heterocycles. The monoisotopic (exact) mass is 424 g/mol. The lowest BCUT2D eigenvalue weighted by molar-refractivity contribution is -0.138. The molecule has 0 unspecified atom stereocenters. The first-order valence-electron chi connectivity index (χ1n) is 8.49. The molecule has 1 heterocycles. The molecule has 29 heavy (non-hydrogen) atoms. The van der Waals surface area contributed by atoms with Crippen molar-refractivity contribution in [3.05, 3.63) is 69.7 Å². The van der Waals surface area contributed by atoms with Gasteiger partial charge in [0.05, 0.1) is 5.56 Å². The van der Waals surface area contributed by atoms with Crippen molar-refractivity contribution in [2.45, 2.75) is 26.2 Å². The first-order chi connectivity index (χ1) is 13.6. The van der Waals surface area contributed by atoms with E-state index in [0.717, 1.165) is 23.3 Å². The van der Waals surface area contributed by atoms with Crippen molar-refractivity contribution in [2.75, 3.05) is 0 Å². The SMILES string of the molecule is Cc1cccc(-c2n[nH]c(=S)n2CC(=O)NCc2ccc(F)cc2C(F)(F)F)c1. The maximum atomic E-state index is 13.2. The largest absolute Gasteiger partial charge is 0.416 e. The van der Waals surface area contributed by atoms with Crippen LogP contribution in [0.3, 0.4) is 0 Å². The predicted molar refractivity (Wildman–Crippen MR) is 101 cm³/mol. The first kappa shape index (κ1) is 20.7. The Kier molecular flexibility index (Phi) is 5.83. The topological polar surface area (TPSA) is 62.7 Å². The Balaban J connectivity index is 1.77. The van der Waals surface area contributed by atoms with E-state index in [1.165, 1.54) is 4.57 Å². The molecule has 2 N–H and O–H groups in total. The number of nitrogens with one attached hydrogen (secondary N) is 2. The molecule has 0 bridgehead atoms. The molecule has 152 valence electrons. The van der Waals surface area contributed by atoms with Crippen LogP contribution in [0.25, 0.3) is 11.4 Å². The summed E-state index contributed by atoms with van der Waals surface area (Å²) in [4.78, 5) is 12.3. The van der Waals surface area contributed by atoms with Crippen molar-refractivity contribution >= 4 is 18.1 Å². The minimum absolute atomic E-state index is 0.203. The van der Waals surface area contributed by atoms with Crippen LogP contribution < -0.4 is 5.32 Å². The lowest BCUT2D eigenvalue weighted by Crippen LogP contribution is -2.28. The highest BCUT2D eigenvalue weighted by Crippen LogP contribution is 2.32. The summed E-state index contributed by atoms with van der Waals surface area (Å²) in [5.41, 5.74) is 0.367. The molecule has 3 rings (SSSR count). The van der Waals surface area contributed by atoms with E-state index in [2.05, 4.69) is 15.5 Å². The average molecular weight is 424 g/mol. The maximum absolute atomic E-state index is 13.2. The van der Waals surface area contributed by atoms with Crippen molar-refractivity contribution in [3.8, 4) is 11.4 Å². The number of aryl methyl sites for hydroxylation is 1. The number of carbonyl (C=O) groups is 1. The molecular formula is C19H16F4N4OS. The van der Waals surface area contributed by atoms with E-state index in [1.54, 1.807) is 6.07 Å². The molecular weight excluding hydrogens is 408 g/mol. The summed E-state index contributed by atoms with van der Waals surface area (Å²) >= 11 is 5.16. The summed E-state index contributed by atoms with van der Waals surface area (Å²) < 4.78 is 54.1. The van der Waals surface area contributed by atoms with Crippen LogP contribution in [-0.4, -0.2) is 20.7 Å². The third-order valence-electron chi connectivity index (χ3n) is 4.19. The summed E-state index contributed by atoms with van der Waals surface area (Å²) in [6, 6.07) is 9.74. The number of aromatic amines is 1. The van der Waals surface area contributed by atoms with Gasteiger partial charge in [-0.2, -0.15) is 18.3 Å². The van der Waals surface area contributed by atoms with Crippen molar-refractivity contribution in [1.29, 1.82) is 0 Å². The van der Waals surface area contributed by atoms with Gasteiger partial charge in [0.25, 0.3) is 0 Å². The lowest BCUT2D eigenvalue weighted by atomic mass is 10.1. The summed E-state index contributed by atoms with van der Waals surface area (Å²) in [5.74, 6) is -1.12. The first-order valence-corrected chi connectivity index (χ1v) is 8.90. The highest BCUT2D eigenvalue weighted by Gasteiger charge is 2.33. The minimum Gasteiger partial charge on any atom is -0.350 e. The Labute approximate surface area is 168 Å². The normalized spacial score (nSPS) is 11.5. The standard InChI is InChI=1S/C19H16F4N4OS/c1-11-3-2-4-12(7-11)17-25-26-18(29)27(17)10-16(28)24-9-13-5-6-14(20)8-15(13)19(21,22)23/h2-8H,9-10H2,1H3,(H,24,28)(H,26,29). The van der Waals surface area contributed by atoms with Crippen molar-refractivity contribution in [2.24, 2.45) is 0 Å². The van der Waals surface area contributed by atoms with Crippen LogP contribution in [0.1, 0.15) is 16.7 Å². The molecule has 2 aromatic carbocycles. The zero-order chi connectivity index (χ0) is 21.2. The zero-order valence-corrected chi connectivity index (χ0v) is 16.0. The second-order valence-electron chi connectivity index (χ2n) is 6.38. The average Bonchev–Trinajstić information content (AvgIpc) is 3.00. The number of halogens is 4. The Bertz CT molecular complexity index is 1100. The van der Waals surface area contributed by atoms with Crippen molar-refractivity contribution in [3.63, 3.8) is 0 Å². The third-order valence-corrected chi connectivity index (χ3v) is 4.50. The van der Waals surface area contributed by atoms with E-state index in [9.17, 15) is 22.4 Å². The number of alkyl halides is 3. The van der Waals surface area contributed by atoms with Crippen LogP contribution >= 0.6 is 12.2 Å². The van der Waals surface area contributed by atoms with E-state index < -0.39 is 30.0 Å². The number of H-pyrrole nitrogens is 1. The lowest BCUT2D eigenvalue weighted by Gasteiger charge is -2.14. The summed E-state index contributed by atoms with van der Waals surface area (Å²) in [5, 5.41) is 9.16. The Morgan fingerprint density at radius 1 is 1.24 bits per heavy atom. The zero-order valence-electron chi connectivity index (χ0n) is 15.2. The number of hydrogen-bond donors (Lipinski definition) is 2. The van der Waals surface area contributed by atoms with Gasteiger partial charge in [0.1, 0.15) is 12.4 Å². The van der Waals surface area contributed by atoms with Gasteiger partial charge in [-0.3, -0.25) is 14.5 Å². The van der Waals surface area contributed by atoms with Gasteiger partial charge in [-0.25, -0.2) is 4.39 Å². The van der Waals surface area contributed by atoms with E-state index in [1.807, 2.05) is 25.1 Å². The van der Waals surface area contributed by atoms with Crippen molar-refractivity contribution < 1.29 is 22.4 Å². The Hall–Kier alpha value is -3.01. The molecule has 1 amide bonds. The number of rotatable bonds is 5. The molecule has 0 radical (unpaired) electrons. The van der Waals surface area contributed by atoms with Crippen molar-refractivity contribution in [1.82, 2.24) is 20.1 Å². The van der Waals surface area contributed by atoms with Crippen LogP contribution in [0.2, 0.25) is 0 Å². The molecule has 0 saturated carbocycles. The number of amides is 1. The van der Waals surface area contributed by atoms with Crippen LogP contribution in [-0.2, 0) is 24.1 Å². The summed E-state index contributed by atoms with van der Waals surface area (Å²) in [6.07, 6.45) is -4.73. The highest BCUT2D eigenvalue weighted by molar-refractivity contribution is 7.71. The molecule has 0 aliphatic carbocycles. The van der Waals surface area contributed by atoms with E-state index in [0.29, 0.717) is 11.9 Å². The number of hydrogen-bond acceptors (Lipinski definition) is 3. The predicted octanol–water partition coefficient (Wildman–Crippen LogP) is 4.39. The highest BCUT2D eigenvalue weighted by atomic mass is 32.1. The molecule has 1 aromatic heterocycles. The van der Waals surface area contributed by atoms with Crippen LogP contribution in [0.4, 0.5) is 17.6 Å². The maximum Gasteiger partial charge on any atom is 0.416 e. The number of benzene rings is 2. The Morgan fingerprint density at radius 2 is 2.00 bits per heavy atom. The van der Waals surface area contributed by atoms with Gasteiger partial charge in [0.15, 0.2) is 10.6 Å². The molecule has 0 aliphatic heterocycles. The molecule has 0 aliphatic rings. The fourth-order valence-corrected chi connectivity index (χ4v) is 3.03. The smallest absolute Gasteiger partial charge is 0.350 e. The van der Waals surface area contributed by atoms with E-state index in [4.69, 9.17) is 12.2 Å². The molecule has 3 aromatic rings. The fourth-order valence-electron chi connectivity index (χ4n) is 2.83. The third kappa shape index (κ3) is 4.89. The quantitative estimate of drug-likeness (QED) is 0.472.